The van der Waals surface area contributed by atoms with E-state index in [4.69, 9.17) is 4.98 Å². The van der Waals surface area contributed by atoms with Crippen LogP contribution < -0.4 is 10.9 Å². The molecule has 6 heteroatoms. The Kier molecular flexibility index (Phi) is 5.89. The van der Waals surface area contributed by atoms with Crippen LogP contribution in [0.3, 0.4) is 0 Å². The minimum Gasteiger partial charge on any atom is -0.353 e. The SMILES string of the molecule is Cc1cccc(C)c1-n1c(S[C@@H](C)C(=O)NC(C)C)nc2ccccc2c1=O. The number of aromatic nitrogens is 2. The molecule has 3 aromatic rings. The van der Waals surface area contributed by atoms with Gasteiger partial charge in [-0.3, -0.25) is 14.2 Å². The van der Waals surface area contributed by atoms with Crippen LogP contribution in [0.2, 0.25) is 0 Å². The number of hydrogen-bond donors (Lipinski definition) is 1. The molecule has 3 rings (SSSR count). The average Bonchev–Trinajstić information content (AvgIpc) is 2.63. The van der Waals surface area contributed by atoms with Gasteiger partial charge in [0.25, 0.3) is 5.56 Å². The van der Waals surface area contributed by atoms with Gasteiger partial charge in [0.1, 0.15) is 0 Å². The quantitative estimate of drug-likeness (QED) is 0.524. The van der Waals surface area contributed by atoms with Gasteiger partial charge in [0.2, 0.25) is 5.91 Å². The second-order valence-electron chi connectivity index (χ2n) is 7.22. The molecule has 1 N–H and O–H groups in total. The van der Waals surface area contributed by atoms with Crippen molar-refractivity contribution >= 4 is 28.6 Å². The van der Waals surface area contributed by atoms with E-state index in [1.165, 1.54) is 11.8 Å². The van der Waals surface area contributed by atoms with Crippen molar-refractivity contribution in [3.05, 3.63) is 63.9 Å². The summed E-state index contributed by atoms with van der Waals surface area (Å²) < 4.78 is 1.65. The lowest BCUT2D eigenvalue weighted by molar-refractivity contribution is -0.120. The normalized spacial score (nSPS) is 12.4. The predicted molar refractivity (Wildman–Crippen MR) is 115 cm³/mol. The fraction of sp³-hybridized carbons (Fsp3) is 0.318. The molecule has 0 saturated heterocycles. The number of para-hydroxylation sites is 2. The molecule has 0 fully saturated rings. The summed E-state index contributed by atoms with van der Waals surface area (Å²) in [6.07, 6.45) is 0. The monoisotopic (exact) mass is 395 g/mol. The number of thioether (sulfide) groups is 1. The van der Waals surface area contributed by atoms with Crippen LogP contribution in [0, 0.1) is 13.8 Å². The zero-order valence-electron chi connectivity index (χ0n) is 16.8. The lowest BCUT2D eigenvalue weighted by Gasteiger charge is -2.19. The van der Waals surface area contributed by atoms with Gasteiger partial charge in [-0.15, -0.1) is 0 Å². The maximum atomic E-state index is 13.4. The van der Waals surface area contributed by atoms with Gasteiger partial charge >= 0.3 is 0 Å². The third-order valence-electron chi connectivity index (χ3n) is 4.49. The molecule has 28 heavy (non-hydrogen) atoms. The van der Waals surface area contributed by atoms with Crippen LogP contribution in [0.25, 0.3) is 16.6 Å². The Hall–Kier alpha value is -2.60. The standard InChI is InChI=1S/C22H25N3O2S/c1-13(2)23-20(26)16(5)28-22-24-18-12-7-6-11-17(18)21(27)25(22)19-14(3)9-8-10-15(19)4/h6-13,16H,1-5H3,(H,23,26)/t16-/m0/s1. The van der Waals surface area contributed by atoms with Crippen molar-refractivity contribution in [2.75, 3.05) is 0 Å². The van der Waals surface area contributed by atoms with E-state index in [1.54, 1.807) is 10.6 Å². The molecule has 0 aliphatic heterocycles. The molecule has 0 unspecified atom stereocenters. The second-order valence-corrected chi connectivity index (χ2v) is 8.52. The summed E-state index contributed by atoms with van der Waals surface area (Å²) in [5.74, 6) is -0.0736. The summed E-state index contributed by atoms with van der Waals surface area (Å²) in [6, 6.07) is 13.3. The summed E-state index contributed by atoms with van der Waals surface area (Å²) in [4.78, 5) is 30.6. The molecule has 0 saturated carbocycles. The highest BCUT2D eigenvalue weighted by Crippen LogP contribution is 2.28. The number of rotatable bonds is 5. The Labute approximate surface area is 169 Å². The third kappa shape index (κ3) is 3.97. The van der Waals surface area contributed by atoms with Crippen molar-refractivity contribution in [3.8, 4) is 5.69 Å². The number of amides is 1. The molecule has 5 nitrogen and oxygen atoms in total. The minimum absolute atomic E-state index is 0.0564. The summed E-state index contributed by atoms with van der Waals surface area (Å²) in [5.41, 5.74) is 3.31. The first-order chi connectivity index (χ1) is 13.3. The van der Waals surface area contributed by atoms with Gasteiger partial charge in [-0.05, 0) is 57.9 Å². The number of nitrogens with zero attached hydrogens (tertiary/aromatic N) is 2. The van der Waals surface area contributed by atoms with Crippen molar-refractivity contribution in [3.63, 3.8) is 0 Å². The van der Waals surface area contributed by atoms with E-state index in [1.807, 2.05) is 71.0 Å². The molecule has 1 amide bonds. The Morgan fingerprint density at radius 2 is 1.68 bits per heavy atom. The number of carbonyl (C=O) groups excluding carboxylic acids is 1. The van der Waals surface area contributed by atoms with Crippen molar-refractivity contribution in [1.29, 1.82) is 0 Å². The van der Waals surface area contributed by atoms with Gasteiger partial charge in [0.05, 0.1) is 21.8 Å². The molecular formula is C22H25N3O2S. The third-order valence-corrected chi connectivity index (χ3v) is 5.54. The molecule has 0 spiro atoms. The minimum atomic E-state index is -0.383. The Morgan fingerprint density at radius 1 is 1.04 bits per heavy atom. The smallest absolute Gasteiger partial charge is 0.266 e. The van der Waals surface area contributed by atoms with Gasteiger partial charge in [-0.1, -0.05) is 42.1 Å². The molecule has 0 aliphatic rings. The first kappa shape index (κ1) is 20.1. The molecule has 1 heterocycles. The molecule has 0 radical (unpaired) electrons. The van der Waals surface area contributed by atoms with Crippen LogP contribution in [0.15, 0.2) is 52.4 Å². The average molecular weight is 396 g/mol. The Balaban J connectivity index is 2.21. The zero-order valence-corrected chi connectivity index (χ0v) is 17.6. The largest absolute Gasteiger partial charge is 0.353 e. The highest BCUT2D eigenvalue weighted by Gasteiger charge is 2.22. The van der Waals surface area contributed by atoms with Crippen molar-refractivity contribution in [1.82, 2.24) is 14.9 Å². The van der Waals surface area contributed by atoms with Crippen molar-refractivity contribution in [2.45, 2.75) is 51.1 Å². The number of nitrogens with one attached hydrogen (secondary N) is 1. The maximum Gasteiger partial charge on any atom is 0.266 e. The molecule has 0 aliphatic carbocycles. The van der Waals surface area contributed by atoms with Crippen LogP contribution in [-0.4, -0.2) is 26.8 Å². The number of fused-ring (bicyclic) bond motifs is 1. The molecular weight excluding hydrogens is 370 g/mol. The van der Waals surface area contributed by atoms with E-state index >= 15 is 0 Å². The fourth-order valence-corrected chi connectivity index (χ4v) is 4.08. The van der Waals surface area contributed by atoms with E-state index in [2.05, 4.69) is 5.32 Å². The first-order valence-corrected chi connectivity index (χ1v) is 10.2. The fourth-order valence-electron chi connectivity index (χ4n) is 3.16. The van der Waals surface area contributed by atoms with Gasteiger partial charge in [-0.25, -0.2) is 4.98 Å². The van der Waals surface area contributed by atoms with E-state index in [0.29, 0.717) is 16.1 Å². The van der Waals surface area contributed by atoms with Gasteiger partial charge in [0.15, 0.2) is 5.16 Å². The topological polar surface area (TPSA) is 64.0 Å². The molecule has 1 aromatic heterocycles. The molecule has 0 bridgehead atoms. The van der Waals surface area contributed by atoms with Crippen LogP contribution >= 0.6 is 11.8 Å². The first-order valence-electron chi connectivity index (χ1n) is 9.35. The summed E-state index contributed by atoms with van der Waals surface area (Å²) in [5, 5.41) is 3.62. The van der Waals surface area contributed by atoms with E-state index in [0.717, 1.165) is 16.8 Å². The van der Waals surface area contributed by atoms with Crippen LogP contribution in [-0.2, 0) is 4.79 Å². The van der Waals surface area contributed by atoms with E-state index < -0.39 is 0 Å². The number of hydrogen-bond acceptors (Lipinski definition) is 4. The highest BCUT2D eigenvalue weighted by molar-refractivity contribution is 8.00. The van der Waals surface area contributed by atoms with Gasteiger partial charge < -0.3 is 5.32 Å². The molecule has 1 atom stereocenters. The maximum absolute atomic E-state index is 13.4. The van der Waals surface area contributed by atoms with Gasteiger partial charge in [0, 0.05) is 6.04 Å². The zero-order chi connectivity index (χ0) is 20.4. The second kappa shape index (κ2) is 8.19. The van der Waals surface area contributed by atoms with E-state index in [9.17, 15) is 9.59 Å². The predicted octanol–water partition coefficient (Wildman–Crippen LogP) is 4.01. The Bertz CT molecular complexity index is 1070. The van der Waals surface area contributed by atoms with Gasteiger partial charge in [-0.2, -0.15) is 0 Å². The summed E-state index contributed by atoms with van der Waals surface area (Å²) in [6.45, 7) is 9.64. The van der Waals surface area contributed by atoms with Crippen molar-refractivity contribution < 1.29 is 4.79 Å². The number of benzene rings is 2. The summed E-state index contributed by atoms with van der Waals surface area (Å²) in [7, 11) is 0. The lowest BCUT2D eigenvalue weighted by Crippen LogP contribution is -2.36. The lowest BCUT2D eigenvalue weighted by atomic mass is 10.1. The summed E-state index contributed by atoms with van der Waals surface area (Å²) >= 11 is 1.30. The van der Waals surface area contributed by atoms with Crippen LogP contribution in [0.1, 0.15) is 31.9 Å². The highest BCUT2D eigenvalue weighted by atomic mass is 32.2. The van der Waals surface area contributed by atoms with Crippen LogP contribution in [0.5, 0.6) is 0 Å². The van der Waals surface area contributed by atoms with Crippen LogP contribution in [0.4, 0.5) is 0 Å². The Morgan fingerprint density at radius 3 is 2.32 bits per heavy atom. The van der Waals surface area contributed by atoms with E-state index in [-0.39, 0.29) is 22.8 Å². The molecule has 146 valence electrons. The molecule has 2 aromatic carbocycles. The number of aryl methyl sites for hydroxylation is 2. The number of carbonyl (C=O) groups is 1. The van der Waals surface area contributed by atoms with Crippen molar-refractivity contribution in [2.24, 2.45) is 0 Å².